The Balaban J connectivity index is 1.88. The summed E-state index contributed by atoms with van der Waals surface area (Å²) in [5.41, 5.74) is 6.04. The number of carbonyl (C=O) groups excluding carboxylic acids is 2. The van der Waals surface area contributed by atoms with E-state index in [-0.39, 0.29) is 17.6 Å². The number of imide groups is 1. The number of carbonyl (C=O) groups is 2. The molecule has 0 atom stereocenters. The summed E-state index contributed by atoms with van der Waals surface area (Å²) < 4.78 is 12.8. The van der Waals surface area contributed by atoms with E-state index in [4.69, 9.17) is 5.73 Å². The monoisotopic (exact) mass is 268 g/mol. The average Bonchev–Trinajstić information content (AvgIpc) is 2.63. The summed E-state index contributed by atoms with van der Waals surface area (Å²) in [4.78, 5) is 24.8. The number of likely N-dealkylation sites (tertiary alicyclic amines) is 1. The fourth-order valence-electron chi connectivity index (χ4n) is 1.77. The van der Waals surface area contributed by atoms with Crippen molar-refractivity contribution in [2.24, 2.45) is 0 Å². The van der Waals surface area contributed by atoms with Crippen LogP contribution in [0.15, 0.2) is 23.1 Å². The first-order valence-electron chi connectivity index (χ1n) is 5.59. The predicted molar refractivity (Wildman–Crippen MR) is 67.5 cm³/mol. The molecule has 1 heterocycles. The molecule has 6 heteroatoms. The van der Waals surface area contributed by atoms with Crippen molar-refractivity contribution in [3.63, 3.8) is 0 Å². The highest BCUT2D eigenvalue weighted by molar-refractivity contribution is 7.99. The normalized spacial score (nSPS) is 15.5. The summed E-state index contributed by atoms with van der Waals surface area (Å²) >= 11 is 1.41. The quantitative estimate of drug-likeness (QED) is 0.512. The van der Waals surface area contributed by atoms with E-state index in [0.29, 0.717) is 30.8 Å². The van der Waals surface area contributed by atoms with Gasteiger partial charge in [0.2, 0.25) is 11.8 Å². The zero-order valence-corrected chi connectivity index (χ0v) is 10.5. The van der Waals surface area contributed by atoms with Crippen LogP contribution in [0.1, 0.15) is 12.8 Å². The van der Waals surface area contributed by atoms with E-state index in [1.54, 1.807) is 6.07 Å². The molecule has 0 aromatic heterocycles. The van der Waals surface area contributed by atoms with Crippen molar-refractivity contribution in [3.05, 3.63) is 24.0 Å². The SMILES string of the molecule is Nc1cc(F)ccc1SCCN1C(=O)CCC1=O. The Morgan fingerprint density at radius 2 is 1.94 bits per heavy atom. The molecule has 96 valence electrons. The van der Waals surface area contributed by atoms with Crippen LogP contribution in [0.2, 0.25) is 0 Å². The van der Waals surface area contributed by atoms with Crippen LogP contribution in [0.3, 0.4) is 0 Å². The van der Waals surface area contributed by atoms with E-state index in [1.807, 2.05) is 0 Å². The molecule has 0 saturated carbocycles. The summed E-state index contributed by atoms with van der Waals surface area (Å²) in [5.74, 6) is -0.0464. The third-order valence-electron chi connectivity index (χ3n) is 2.70. The Bertz CT molecular complexity index is 477. The molecule has 1 aromatic rings. The zero-order chi connectivity index (χ0) is 13.1. The molecule has 1 aliphatic heterocycles. The number of hydrogen-bond acceptors (Lipinski definition) is 4. The lowest BCUT2D eigenvalue weighted by Crippen LogP contribution is -2.31. The number of benzene rings is 1. The molecule has 1 fully saturated rings. The van der Waals surface area contributed by atoms with Crippen LogP contribution in [0.25, 0.3) is 0 Å². The highest BCUT2D eigenvalue weighted by Gasteiger charge is 2.28. The second-order valence-electron chi connectivity index (χ2n) is 3.97. The number of amides is 2. The minimum absolute atomic E-state index is 0.118. The Kier molecular flexibility index (Phi) is 3.86. The van der Waals surface area contributed by atoms with Crippen LogP contribution in [0.4, 0.5) is 10.1 Å². The molecule has 0 bridgehead atoms. The van der Waals surface area contributed by atoms with Crippen molar-refractivity contribution in [1.29, 1.82) is 0 Å². The number of nitrogens with two attached hydrogens (primary N) is 1. The first kappa shape index (κ1) is 12.9. The maximum absolute atomic E-state index is 12.8. The van der Waals surface area contributed by atoms with Crippen LogP contribution >= 0.6 is 11.8 Å². The van der Waals surface area contributed by atoms with Gasteiger partial charge in [-0.05, 0) is 18.2 Å². The number of nitrogens with zero attached hydrogens (tertiary/aromatic N) is 1. The second kappa shape index (κ2) is 5.39. The Hall–Kier alpha value is -1.56. The van der Waals surface area contributed by atoms with Gasteiger partial charge >= 0.3 is 0 Å². The highest BCUT2D eigenvalue weighted by atomic mass is 32.2. The standard InChI is InChI=1S/C12H13FN2O2S/c13-8-1-2-10(9(14)7-8)18-6-5-15-11(16)3-4-12(15)17/h1-2,7H,3-6,14H2. The minimum Gasteiger partial charge on any atom is -0.398 e. The molecule has 0 aliphatic carbocycles. The third-order valence-corrected chi connectivity index (χ3v) is 3.77. The fraction of sp³-hybridized carbons (Fsp3) is 0.333. The topological polar surface area (TPSA) is 63.4 Å². The molecule has 0 spiro atoms. The first-order valence-corrected chi connectivity index (χ1v) is 6.57. The van der Waals surface area contributed by atoms with Gasteiger partial charge in [0.15, 0.2) is 0 Å². The molecule has 2 amide bonds. The van der Waals surface area contributed by atoms with Gasteiger partial charge in [0.25, 0.3) is 0 Å². The Labute approximate surface area is 108 Å². The second-order valence-corrected chi connectivity index (χ2v) is 5.11. The van der Waals surface area contributed by atoms with Crippen LogP contribution < -0.4 is 5.73 Å². The number of hydrogen-bond donors (Lipinski definition) is 1. The fourth-order valence-corrected chi connectivity index (χ4v) is 2.65. The third kappa shape index (κ3) is 2.81. The van der Waals surface area contributed by atoms with Gasteiger partial charge in [-0.2, -0.15) is 0 Å². The largest absolute Gasteiger partial charge is 0.398 e. The van der Waals surface area contributed by atoms with E-state index in [9.17, 15) is 14.0 Å². The molecule has 4 nitrogen and oxygen atoms in total. The first-order chi connectivity index (χ1) is 8.58. The van der Waals surface area contributed by atoms with Gasteiger partial charge in [-0.15, -0.1) is 11.8 Å². The van der Waals surface area contributed by atoms with E-state index in [1.165, 1.54) is 28.8 Å². The minimum atomic E-state index is -0.373. The van der Waals surface area contributed by atoms with Crippen LogP contribution in [0.5, 0.6) is 0 Å². The molecule has 1 aromatic carbocycles. The molecule has 2 N–H and O–H groups in total. The highest BCUT2D eigenvalue weighted by Crippen LogP contribution is 2.26. The van der Waals surface area contributed by atoms with Gasteiger partial charge in [-0.3, -0.25) is 14.5 Å². The molecular weight excluding hydrogens is 255 g/mol. The van der Waals surface area contributed by atoms with Gasteiger partial charge in [0.05, 0.1) is 0 Å². The van der Waals surface area contributed by atoms with Crippen molar-refractivity contribution in [2.45, 2.75) is 17.7 Å². The summed E-state index contributed by atoms with van der Waals surface area (Å²) in [5, 5.41) is 0. The molecule has 2 rings (SSSR count). The molecular formula is C12H13FN2O2S. The molecule has 0 radical (unpaired) electrons. The Morgan fingerprint density at radius 3 is 2.56 bits per heavy atom. The van der Waals surface area contributed by atoms with Crippen LogP contribution in [-0.2, 0) is 9.59 Å². The zero-order valence-electron chi connectivity index (χ0n) is 9.69. The van der Waals surface area contributed by atoms with Crippen molar-refractivity contribution in [3.8, 4) is 0 Å². The van der Waals surface area contributed by atoms with Gasteiger partial charge in [0.1, 0.15) is 5.82 Å². The number of nitrogen functional groups attached to an aromatic ring is 1. The summed E-state index contributed by atoms with van der Waals surface area (Å²) in [6.45, 7) is 0.374. The molecule has 0 unspecified atom stereocenters. The number of rotatable bonds is 4. The summed E-state index contributed by atoms with van der Waals surface area (Å²) in [7, 11) is 0. The lowest BCUT2D eigenvalue weighted by molar-refractivity contribution is -0.137. The maximum Gasteiger partial charge on any atom is 0.229 e. The number of anilines is 1. The van der Waals surface area contributed by atoms with Crippen molar-refractivity contribution in [2.75, 3.05) is 18.0 Å². The van der Waals surface area contributed by atoms with E-state index in [2.05, 4.69) is 0 Å². The van der Waals surface area contributed by atoms with Crippen molar-refractivity contribution >= 4 is 29.3 Å². The molecule has 18 heavy (non-hydrogen) atoms. The predicted octanol–water partition coefficient (Wildman–Crippen LogP) is 1.65. The van der Waals surface area contributed by atoms with Crippen molar-refractivity contribution < 1.29 is 14.0 Å². The maximum atomic E-state index is 12.8. The van der Waals surface area contributed by atoms with E-state index < -0.39 is 0 Å². The Morgan fingerprint density at radius 1 is 1.28 bits per heavy atom. The van der Waals surface area contributed by atoms with Crippen molar-refractivity contribution in [1.82, 2.24) is 4.90 Å². The van der Waals surface area contributed by atoms with Crippen LogP contribution in [-0.4, -0.2) is 29.0 Å². The summed E-state index contributed by atoms with van der Waals surface area (Å²) in [6.07, 6.45) is 0.615. The van der Waals surface area contributed by atoms with Gasteiger partial charge in [-0.25, -0.2) is 4.39 Å². The van der Waals surface area contributed by atoms with Gasteiger partial charge < -0.3 is 5.73 Å². The lowest BCUT2D eigenvalue weighted by atomic mass is 10.3. The molecule has 1 aliphatic rings. The van der Waals surface area contributed by atoms with Gasteiger partial charge in [0, 0.05) is 35.7 Å². The van der Waals surface area contributed by atoms with Gasteiger partial charge in [-0.1, -0.05) is 0 Å². The number of halogens is 1. The average molecular weight is 268 g/mol. The number of thioether (sulfide) groups is 1. The lowest BCUT2D eigenvalue weighted by Gasteiger charge is -2.13. The summed E-state index contributed by atoms with van der Waals surface area (Å²) in [6, 6.07) is 4.20. The van der Waals surface area contributed by atoms with E-state index >= 15 is 0 Å². The smallest absolute Gasteiger partial charge is 0.229 e. The van der Waals surface area contributed by atoms with Crippen LogP contribution in [0, 0.1) is 5.82 Å². The molecule has 1 saturated heterocycles. The van der Waals surface area contributed by atoms with E-state index in [0.717, 1.165) is 4.90 Å².